The molecule has 0 N–H and O–H groups in total. The van der Waals surface area contributed by atoms with Gasteiger partial charge in [-0.05, 0) is 107 Å². The molecule has 248 valence electrons. The molecule has 1 nitrogen and oxygen atoms in total. The molecular weight excluding hydrogens is 639 g/mol. The van der Waals surface area contributed by atoms with E-state index in [9.17, 15) is 0 Å². The Labute approximate surface area is 309 Å². The second kappa shape index (κ2) is 13.0. The molecule has 0 bridgehead atoms. The van der Waals surface area contributed by atoms with E-state index in [1.54, 1.807) is 0 Å². The van der Waals surface area contributed by atoms with Crippen LogP contribution in [0.25, 0.3) is 76.5 Å². The highest BCUT2D eigenvalue weighted by Gasteiger charge is 2.20. The van der Waals surface area contributed by atoms with E-state index in [-0.39, 0.29) is 0 Å². The predicted molar refractivity (Wildman–Crippen MR) is 227 cm³/mol. The lowest BCUT2D eigenvalue weighted by molar-refractivity contribution is 1.28. The van der Waals surface area contributed by atoms with Crippen LogP contribution in [0.3, 0.4) is 0 Å². The molecule has 10 rings (SSSR count). The van der Waals surface area contributed by atoms with Crippen molar-refractivity contribution >= 4 is 60.2 Å². The summed E-state index contributed by atoms with van der Waals surface area (Å²) in [6.07, 6.45) is 0. The molecule has 10 aromatic rings. The first-order valence-electron chi connectivity index (χ1n) is 18.3. The summed E-state index contributed by atoms with van der Waals surface area (Å²) in [5.41, 5.74) is 10.6. The number of benzene rings is 10. The molecule has 0 spiro atoms. The summed E-state index contributed by atoms with van der Waals surface area (Å²) in [5, 5.41) is 10.0. The summed E-state index contributed by atoms with van der Waals surface area (Å²) >= 11 is 0. The molecule has 0 aliphatic rings. The van der Waals surface area contributed by atoms with Crippen molar-refractivity contribution in [2.24, 2.45) is 0 Å². The Bertz CT molecular complexity index is 2940. The fourth-order valence-corrected chi connectivity index (χ4v) is 8.16. The number of para-hydroxylation sites is 1. The molecule has 0 aliphatic heterocycles. The van der Waals surface area contributed by atoms with Crippen molar-refractivity contribution in [2.45, 2.75) is 0 Å². The quantitative estimate of drug-likeness (QED) is 0.159. The van der Waals surface area contributed by atoms with Gasteiger partial charge in [-0.2, -0.15) is 0 Å². The van der Waals surface area contributed by atoms with E-state index in [0.29, 0.717) is 0 Å². The van der Waals surface area contributed by atoms with Gasteiger partial charge in [-0.25, -0.2) is 0 Å². The molecule has 0 radical (unpaired) electrons. The van der Waals surface area contributed by atoms with Crippen LogP contribution in [-0.2, 0) is 0 Å². The van der Waals surface area contributed by atoms with Gasteiger partial charge < -0.3 is 4.90 Å². The van der Waals surface area contributed by atoms with E-state index in [1.807, 2.05) is 0 Å². The maximum absolute atomic E-state index is 2.43. The topological polar surface area (TPSA) is 3.24 Å². The minimum Gasteiger partial charge on any atom is -0.310 e. The first-order valence-corrected chi connectivity index (χ1v) is 18.3. The van der Waals surface area contributed by atoms with Crippen LogP contribution in [-0.4, -0.2) is 0 Å². The predicted octanol–water partition coefficient (Wildman–Crippen LogP) is 14.8. The van der Waals surface area contributed by atoms with E-state index in [4.69, 9.17) is 0 Å². The van der Waals surface area contributed by atoms with Crippen molar-refractivity contribution in [3.63, 3.8) is 0 Å². The zero-order valence-corrected chi connectivity index (χ0v) is 29.2. The van der Waals surface area contributed by atoms with Crippen LogP contribution >= 0.6 is 0 Å². The summed E-state index contributed by atoms with van der Waals surface area (Å²) in [5.74, 6) is 0. The van der Waals surface area contributed by atoms with Crippen LogP contribution in [0.2, 0.25) is 0 Å². The number of rotatable bonds is 6. The highest BCUT2D eigenvalue weighted by molar-refractivity contribution is 6.15. The van der Waals surface area contributed by atoms with Crippen molar-refractivity contribution in [1.29, 1.82) is 0 Å². The summed E-state index contributed by atoms with van der Waals surface area (Å²) in [6.45, 7) is 0. The Balaban J connectivity index is 1.19. The Morgan fingerprint density at radius 1 is 0.245 bits per heavy atom. The highest BCUT2D eigenvalue weighted by atomic mass is 15.1. The number of fused-ring (bicyclic) bond motifs is 5. The molecule has 0 atom stereocenters. The van der Waals surface area contributed by atoms with Crippen molar-refractivity contribution in [1.82, 2.24) is 0 Å². The maximum atomic E-state index is 2.43. The van der Waals surface area contributed by atoms with Crippen LogP contribution in [0.5, 0.6) is 0 Å². The normalized spacial score (nSPS) is 11.4. The lowest BCUT2D eigenvalue weighted by Gasteiger charge is -2.29. The molecule has 0 saturated carbocycles. The Hall–Kier alpha value is -6.96. The number of hydrogen-bond acceptors (Lipinski definition) is 1. The Morgan fingerprint density at radius 3 is 1.47 bits per heavy atom. The zero-order valence-electron chi connectivity index (χ0n) is 29.2. The summed E-state index contributed by atoms with van der Waals surface area (Å²) < 4.78 is 0. The molecule has 0 aromatic heterocycles. The third-order valence-electron chi connectivity index (χ3n) is 10.6. The average molecular weight is 674 g/mol. The molecule has 0 saturated heterocycles. The van der Waals surface area contributed by atoms with Crippen molar-refractivity contribution in [3.8, 4) is 33.4 Å². The fraction of sp³-hybridized carbons (Fsp3) is 0. The molecule has 1 heteroatoms. The largest absolute Gasteiger partial charge is 0.310 e. The van der Waals surface area contributed by atoms with Gasteiger partial charge >= 0.3 is 0 Å². The number of anilines is 3. The van der Waals surface area contributed by atoms with Crippen LogP contribution in [0.15, 0.2) is 212 Å². The van der Waals surface area contributed by atoms with Gasteiger partial charge in [0.15, 0.2) is 0 Å². The van der Waals surface area contributed by atoms with E-state index in [2.05, 4.69) is 217 Å². The van der Waals surface area contributed by atoms with Gasteiger partial charge in [-0.1, -0.05) is 176 Å². The first kappa shape index (κ1) is 30.8. The van der Waals surface area contributed by atoms with Crippen LogP contribution in [0, 0.1) is 0 Å². The number of nitrogens with zero attached hydrogens (tertiary/aromatic N) is 1. The highest BCUT2D eigenvalue weighted by Crippen LogP contribution is 2.45. The van der Waals surface area contributed by atoms with Gasteiger partial charge in [0, 0.05) is 16.9 Å². The summed E-state index contributed by atoms with van der Waals surface area (Å²) in [6, 6.07) is 77.3. The van der Waals surface area contributed by atoms with Gasteiger partial charge in [-0.3, -0.25) is 0 Å². The standard InChI is InChI=1S/C52H35N/c1-4-21-43-36(14-1)17-12-27-45(43)38-30-32-41(33-31-38)53(42-20-11-19-39(34-42)46-28-13-18-37-15-2-5-22-44(37)46)52-29-10-9-26-50(52)51-35-40-16-3-6-23-47(40)48-24-7-8-25-49(48)51/h1-35H. The summed E-state index contributed by atoms with van der Waals surface area (Å²) in [7, 11) is 0. The van der Waals surface area contributed by atoms with E-state index in [0.717, 1.165) is 17.1 Å². The van der Waals surface area contributed by atoms with Crippen molar-refractivity contribution in [2.75, 3.05) is 4.90 Å². The minimum atomic E-state index is 1.10. The van der Waals surface area contributed by atoms with Crippen molar-refractivity contribution in [3.05, 3.63) is 212 Å². The monoisotopic (exact) mass is 673 g/mol. The van der Waals surface area contributed by atoms with Gasteiger partial charge in [-0.15, -0.1) is 0 Å². The second-order valence-electron chi connectivity index (χ2n) is 13.7. The third kappa shape index (κ3) is 5.42. The minimum absolute atomic E-state index is 1.10. The molecule has 0 aliphatic carbocycles. The van der Waals surface area contributed by atoms with Gasteiger partial charge in [0.2, 0.25) is 0 Å². The molecule has 10 aromatic carbocycles. The SMILES string of the molecule is c1cc(-c2cccc3ccccc23)cc(N(c2ccc(-c3cccc4ccccc34)cc2)c2ccccc2-c2cc3ccccc3c3ccccc23)c1. The van der Waals surface area contributed by atoms with E-state index < -0.39 is 0 Å². The lowest BCUT2D eigenvalue weighted by atomic mass is 9.92. The third-order valence-corrected chi connectivity index (χ3v) is 10.6. The Kier molecular flexibility index (Phi) is 7.55. The lowest BCUT2D eigenvalue weighted by Crippen LogP contribution is -2.11. The van der Waals surface area contributed by atoms with Crippen LogP contribution < -0.4 is 4.90 Å². The first-order chi connectivity index (χ1) is 26.3. The summed E-state index contributed by atoms with van der Waals surface area (Å²) in [4.78, 5) is 2.43. The van der Waals surface area contributed by atoms with Crippen LogP contribution in [0.1, 0.15) is 0 Å². The molecule has 0 amide bonds. The average Bonchev–Trinajstić information content (AvgIpc) is 3.24. The molecule has 0 heterocycles. The molecule has 0 fully saturated rings. The molecule has 53 heavy (non-hydrogen) atoms. The zero-order chi connectivity index (χ0) is 35.1. The molecular formula is C52H35N. The van der Waals surface area contributed by atoms with Gasteiger partial charge in [0.05, 0.1) is 5.69 Å². The smallest absolute Gasteiger partial charge is 0.0540 e. The maximum Gasteiger partial charge on any atom is 0.0540 e. The van der Waals surface area contributed by atoms with Crippen molar-refractivity contribution < 1.29 is 0 Å². The van der Waals surface area contributed by atoms with E-state index in [1.165, 1.54) is 76.5 Å². The van der Waals surface area contributed by atoms with Gasteiger partial charge in [0.1, 0.15) is 0 Å². The van der Waals surface area contributed by atoms with Gasteiger partial charge in [0.25, 0.3) is 0 Å². The number of hydrogen-bond donors (Lipinski definition) is 0. The molecule has 0 unspecified atom stereocenters. The Morgan fingerprint density at radius 2 is 0.755 bits per heavy atom. The van der Waals surface area contributed by atoms with E-state index >= 15 is 0 Å². The second-order valence-corrected chi connectivity index (χ2v) is 13.7. The van der Waals surface area contributed by atoms with Crippen LogP contribution in [0.4, 0.5) is 17.1 Å². The fourth-order valence-electron chi connectivity index (χ4n) is 8.16.